The van der Waals surface area contributed by atoms with E-state index in [9.17, 15) is 9.59 Å². The number of aromatic amines is 1. The standard InChI is InChI=1S/C11H13N3O2/c1-2-8-12-10-7(11(16)13-8)5-9(15)14(10)6-3-4-6/h6H,2-5H2,1H3,(H,12,13,16). The highest BCUT2D eigenvalue weighted by Crippen LogP contribution is 2.35. The molecular weight excluding hydrogens is 206 g/mol. The minimum Gasteiger partial charge on any atom is -0.310 e. The predicted molar refractivity (Wildman–Crippen MR) is 58.4 cm³/mol. The second-order valence-corrected chi connectivity index (χ2v) is 4.34. The van der Waals surface area contributed by atoms with Crippen LogP contribution >= 0.6 is 0 Å². The number of carbonyl (C=O) groups excluding carboxylic acids is 1. The lowest BCUT2D eigenvalue weighted by atomic mass is 10.2. The summed E-state index contributed by atoms with van der Waals surface area (Å²) < 4.78 is 0. The monoisotopic (exact) mass is 219 g/mol. The van der Waals surface area contributed by atoms with E-state index < -0.39 is 0 Å². The van der Waals surface area contributed by atoms with E-state index in [0.717, 1.165) is 12.8 Å². The van der Waals surface area contributed by atoms with Crippen molar-refractivity contribution in [2.24, 2.45) is 0 Å². The fourth-order valence-electron chi connectivity index (χ4n) is 2.12. The number of fused-ring (bicyclic) bond motifs is 1. The second-order valence-electron chi connectivity index (χ2n) is 4.34. The van der Waals surface area contributed by atoms with Crippen LogP contribution < -0.4 is 10.5 Å². The van der Waals surface area contributed by atoms with Crippen LogP contribution in [0.1, 0.15) is 31.2 Å². The minimum atomic E-state index is -0.154. The van der Waals surface area contributed by atoms with Crippen LogP contribution in [0.25, 0.3) is 0 Å². The number of nitrogens with zero attached hydrogens (tertiary/aromatic N) is 2. The molecule has 2 aliphatic rings. The largest absolute Gasteiger partial charge is 0.310 e. The first-order valence-electron chi connectivity index (χ1n) is 5.65. The summed E-state index contributed by atoms with van der Waals surface area (Å²) in [7, 11) is 0. The van der Waals surface area contributed by atoms with Gasteiger partial charge in [-0.15, -0.1) is 0 Å². The van der Waals surface area contributed by atoms with Gasteiger partial charge in [-0.05, 0) is 12.8 Å². The molecule has 1 aromatic rings. The molecule has 1 fully saturated rings. The van der Waals surface area contributed by atoms with Gasteiger partial charge in [-0.25, -0.2) is 4.98 Å². The van der Waals surface area contributed by atoms with Gasteiger partial charge in [-0.1, -0.05) is 6.92 Å². The van der Waals surface area contributed by atoms with Gasteiger partial charge in [0.2, 0.25) is 5.91 Å². The molecule has 16 heavy (non-hydrogen) atoms. The molecule has 2 heterocycles. The number of carbonyl (C=O) groups is 1. The van der Waals surface area contributed by atoms with Crippen molar-refractivity contribution in [2.75, 3.05) is 4.90 Å². The predicted octanol–water partition coefficient (Wildman–Crippen LogP) is 0.384. The Morgan fingerprint density at radius 2 is 2.19 bits per heavy atom. The zero-order valence-electron chi connectivity index (χ0n) is 9.12. The normalized spacial score (nSPS) is 19.1. The molecule has 0 spiro atoms. The van der Waals surface area contributed by atoms with Gasteiger partial charge in [-0.2, -0.15) is 0 Å². The number of aryl methyl sites for hydroxylation is 1. The number of anilines is 1. The summed E-state index contributed by atoms with van der Waals surface area (Å²) in [6, 6.07) is 0.285. The Morgan fingerprint density at radius 1 is 1.44 bits per heavy atom. The van der Waals surface area contributed by atoms with E-state index in [1.54, 1.807) is 4.90 Å². The van der Waals surface area contributed by atoms with Crippen molar-refractivity contribution in [3.63, 3.8) is 0 Å². The SMILES string of the molecule is CCc1nc2c(c(=O)[nH]1)CC(=O)N2C1CC1. The van der Waals surface area contributed by atoms with Crippen molar-refractivity contribution in [2.45, 2.75) is 38.6 Å². The molecule has 0 bridgehead atoms. The van der Waals surface area contributed by atoms with Gasteiger partial charge in [0, 0.05) is 12.5 Å². The first kappa shape index (κ1) is 9.57. The highest BCUT2D eigenvalue weighted by molar-refractivity contribution is 6.00. The van der Waals surface area contributed by atoms with Crippen LogP contribution in [0.4, 0.5) is 5.82 Å². The molecule has 3 rings (SSSR count). The average molecular weight is 219 g/mol. The third kappa shape index (κ3) is 1.27. The zero-order chi connectivity index (χ0) is 11.3. The van der Waals surface area contributed by atoms with Crippen molar-refractivity contribution < 1.29 is 4.79 Å². The third-order valence-electron chi connectivity index (χ3n) is 3.11. The average Bonchev–Trinajstić information content (AvgIpc) is 3.02. The number of aromatic nitrogens is 2. The van der Waals surface area contributed by atoms with Gasteiger partial charge >= 0.3 is 0 Å². The van der Waals surface area contributed by atoms with E-state index in [1.165, 1.54) is 0 Å². The van der Waals surface area contributed by atoms with E-state index in [0.29, 0.717) is 23.6 Å². The van der Waals surface area contributed by atoms with Crippen molar-refractivity contribution in [3.8, 4) is 0 Å². The number of hydrogen-bond donors (Lipinski definition) is 1. The van der Waals surface area contributed by atoms with E-state index in [-0.39, 0.29) is 23.9 Å². The Hall–Kier alpha value is -1.65. The van der Waals surface area contributed by atoms with Gasteiger partial charge in [0.25, 0.3) is 5.56 Å². The van der Waals surface area contributed by atoms with Gasteiger partial charge in [0.1, 0.15) is 11.6 Å². The number of H-pyrrole nitrogens is 1. The van der Waals surface area contributed by atoms with E-state index in [2.05, 4.69) is 9.97 Å². The Balaban J connectivity index is 2.15. The molecule has 1 aromatic heterocycles. The molecule has 1 saturated carbocycles. The smallest absolute Gasteiger partial charge is 0.256 e. The van der Waals surface area contributed by atoms with Crippen LogP contribution in [0.2, 0.25) is 0 Å². The Morgan fingerprint density at radius 3 is 2.81 bits per heavy atom. The van der Waals surface area contributed by atoms with Crippen molar-refractivity contribution >= 4 is 11.7 Å². The number of amides is 1. The van der Waals surface area contributed by atoms with Crippen molar-refractivity contribution in [1.29, 1.82) is 0 Å². The van der Waals surface area contributed by atoms with Crippen LogP contribution in [-0.4, -0.2) is 21.9 Å². The molecule has 0 saturated heterocycles. The maximum atomic E-state index is 11.8. The van der Waals surface area contributed by atoms with Gasteiger partial charge in [0.05, 0.1) is 12.0 Å². The topological polar surface area (TPSA) is 66.1 Å². The molecule has 0 atom stereocenters. The summed E-state index contributed by atoms with van der Waals surface area (Å²) in [4.78, 5) is 32.3. The number of hydrogen-bond acceptors (Lipinski definition) is 3. The molecule has 1 N–H and O–H groups in total. The Bertz CT molecular complexity index is 516. The molecule has 1 amide bonds. The molecule has 5 heteroatoms. The molecule has 0 aromatic carbocycles. The first-order chi connectivity index (χ1) is 7.70. The van der Waals surface area contributed by atoms with Crippen LogP contribution in [0.3, 0.4) is 0 Å². The quantitative estimate of drug-likeness (QED) is 0.782. The van der Waals surface area contributed by atoms with Crippen LogP contribution in [-0.2, 0) is 17.6 Å². The Kier molecular flexibility index (Phi) is 1.89. The van der Waals surface area contributed by atoms with E-state index >= 15 is 0 Å². The highest BCUT2D eigenvalue weighted by Gasteiger charge is 2.41. The summed E-state index contributed by atoms with van der Waals surface area (Å²) in [5, 5.41) is 0. The van der Waals surface area contributed by atoms with Gasteiger partial charge in [-0.3, -0.25) is 14.5 Å². The van der Waals surface area contributed by atoms with Gasteiger partial charge < -0.3 is 4.98 Å². The highest BCUT2D eigenvalue weighted by atomic mass is 16.2. The van der Waals surface area contributed by atoms with Crippen LogP contribution in [0.15, 0.2) is 4.79 Å². The van der Waals surface area contributed by atoms with Crippen molar-refractivity contribution in [3.05, 3.63) is 21.7 Å². The summed E-state index contributed by atoms with van der Waals surface area (Å²) in [6.45, 7) is 1.93. The first-order valence-corrected chi connectivity index (χ1v) is 5.65. The molecular formula is C11H13N3O2. The fraction of sp³-hybridized carbons (Fsp3) is 0.545. The molecule has 0 unspecified atom stereocenters. The molecule has 1 aliphatic carbocycles. The summed E-state index contributed by atoms with van der Waals surface area (Å²) >= 11 is 0. The van der Waals surface area contributed by atoms with E-state index in [4.69, 9.17) is 0 Å². The molecule has 84 valence electrons. The fourth-order valence-corrected chi connectivity index (χ4v) is 2.12. The van der Waals surface area contributed by atoms with Crippen molar-refractivity contribution in [1.82, 2.24) is 9.97 Å². The van der Waals surface area contributed by atoms with E-state index in [1.807, 2.05) is 6.92 Å². The van der Waals surface area contributed by atoms with Crippen LogP contribution in [0.5, 0.6) is 0 Å². The summed E-state index contributed by atoms with van der Waals surface area (Å²) in [5.74, 6) is 1.28. The second kappa shape index (κ2) is 3.17. The maximum absolute atomic E-state index is 11.8. The Labute approximate surface area is 92.5 Å². The zero-order valence-corrected chi connectivity index (χ0v) is 9.12. The molecule has 1 aliphatic heterocycles. The summed E-state index contributed by atoms with van der Waals surface area (Å²) in [5.41, 5.74) is 0.382. The number of rotatable bonds is 2. The molecule has 5 nitrogen and oxygen atoms in total. The maximum Gasteiger partial charge on any atom is 0.256 e. The lowest BCUT2D eigenvalue weighted by Crippen LogP contribution is -2.29. The minimum absolute atomic E-state index is 0.0174. The van der Waals surface area contributed by atoms with Crippen LogP contribution in [0, 0.1) is 0 Å². The molecule has 0 radical (unpaired) electrons. The lowest BCUT2D eigenvalue weighted by molar-refractivity contribution is -0.117. The number of nitrogens with one attached hydrogen (secondary N) is 1. The third-order valence-corrected chi connectivity index (χ3v) is 3.11. The lowest BCUT2D eigenvalue weighted by Gasteiger charge is -2.15. The van der Waals surface area contributed by atoms with Gasteiger partial charge in [0.15, 0.2) is 0 Å². The summed E-state index contributed by atoms with van der Waals surface area (Å²) in [6.07, 6.45) is 2.94.